The Bertz CT molecular complexity index is 591. The quantitative estimate of drug-likeness (QED) is 0.799. The van der Waals surface area contributed by atoms with Crippen LogP contribution in [-0.4, -0.2) is 40.9 Å². The number of likely N-dealkylation sites (tertiary alicyclic amines) is 1. The molecule has 1 amide bonds. The lowest BCUT2D eigenvalue weighted by atomic mass is 10.2. The van der Waals surface area contributed by atoms with E-state index in [9.17, 15) is 14.4 Å². The molecule has 0 radical (unpaired) electrons. The molecule has 0 bridgehead atoms. The van der Waals surface area contributed by atoms with E-state index in [1.54, 1.807) is 20.8 Å². The van der Waals surface area contributed by atoms with Crippen LogP contribution in [0.5, 0.6) is 0 Å². The van der Waals surface area contributed by atoms with Crippen LogP contribution >= 0.6 is 0 Å². The number of hydrogen-bond acceptors (Lipinski definition) is 5. The summed E-state index contributed by atoms with van der Waals surface area (Å²) >= 11 is 0. The lowest BCUT2D eigenvalue weighted by molar-refractivity contribution is -0.150. The van der Waals surface area contributed by atoms with Crippen molar-refractivity contribution in [2.24, 2.45) is 0 Å². The molecule has 0 saturated carbocycles. The van der Waals surface area contributed by atoms with Crippen molar-refractivity contribution in [3.8, 4) is 0 Å². The van der Waals surface area contributed by atoms with E-state index in [0.717, 1.165) is 10.5 Å². The highest BCUT2D eigenvalue weighted by molar-refractivity contribution is 5.95. The number of esters is 1. The van der Waals surface area contributed by atoms with Crippen molar-refractivity contribution in [3.63, 3.8) is 0 Å². The van der Waals surface area contributed by atoms with Gasteiger partial charge in [0.05, 0.1) is 6.54 Å². The number of ether oxygens (including phenoxy) is 2. The number of carbonyl (C=O) groups excluding carboxylic acids is 3. The van der Waals surface area contributed by atoms with Gasteiger partial charge < -0.3 is 9.47 Å². The first-order valence-electron chi connectivity index (χ1n) is 7.48. The van der Waals surface area contributed by atoms with Crippen LogP contribution in [0.4, 0.5) is 4.79 Å². The summed E-state index contributed by atoms with van der Waals surface area (Å²) in [6.07, 6.45) is -0.711. The molecule has 0 aromatic heterocycles. The Morgan fingerprint density at radius 1 is 1.22 bits per heavy atom. The van der Waals surface area contributed by atoms with Gasteiger partial charge in [0.15, 0.2) is 5.78 Å². The average molecular weight is 319 g/mol. The molecule has 0 unspecified atom stereocenters. The molecule has 0 N–H and O–H groups in total. The van der Waals surface area contributed by atoms with Gasteiger partial charge in [-0.25, -0.2) is 9.59 Å². The summed E-state index contributed by atoms with van der Waals surface area (Å²) < 4.78 is 10.5. The molecule has 1 atom stereocenters. The lowest BCUT2D eigenvalue weighted by Gasteiger charge is -2.27. The highest BCUT2D eigenvalue weighted by Crippen LogP contribution is 2.20. The van der Waals surface area contributed by atoms with Crippen LogP contribution in [0.3, 0.4) is 0 Å². The Labute approximate surface area is 135 Å². The summed E-state index contributed by atoms with van der Waals surface area (Å²) in [4.78, 5) is 37.2. The van der Waals surface area contributed by atoms with Crippen molar-refractivity contribution >= 4 is 17.8 Å². The van der Waals surface area contributed by atoms with Gasteiger partial charge >= 0.3 is 12.1 Å². The number of rotatable bonds is 3. The summed E-state index contributed by atoms with van der Waals surface area (Å²) in [6, 6.07) is 8.30. The zero-order valence-corrected chi connectivity index (χ0v) is 13.6. The zero-order chi connectivity index (χ0) is 17.0. The predicted molar refractivity (Wildman–Crippen MR) is 82.6 cm³/mol. The minimum Gasteiger partial charge on any atom is -0.459 e. The van der Waals surface area contributed by atoms with E-state index in [1.165, 1.54) is 0 Å². The van der Waals surface area contributed by atoms with Crippen molar-refractivity contribution < 1.29 is 23.9 Å². The fraction of sp³-hybridized carbons (Fsp3) is 0.471. The van der Waals surface area contributed by atoms with Crippen molar-refractivity contribution in [1.29, 1.82) is 0 Å². The maximum absolute atomic E-state index is 12.2. The Kier molecular flexibility index (Phi) is 5.03. The first kappa shape index (κ1) is 17.0. The third-order valence-corrected chi connectivity index (χ3v) is 3.27. The number of ketones is 1. The van der Waals surface area contributed by atoms with Gasteiger partial charge in [0.2, 0.25) is 0 Å². The van der Waals surface area contributed by atoms with Gasteiger partial charge in [-0.05, 0) is 26.3 Å². The second-order valence-electron chi connectivity index (χ2n) is 6.46. The first-order valence-corrected chi connectivity index (χ1v) is 7.48. The van der Waals surface area contributed by atoms with Gasteiger partial charge in [0.25, 0.3) is 0 Å². The summed E-state index contributed by atoms with van der Waals surface area (Å²) in [7, 11) is 0. The summed E-state index contributed by atoms with van der Waals surface area (Å²) in [5.41, 5.74) is 0.148. The third-order valence-electron chi connectivity index (χ3n) is 3.27. The van der Waals surface area contributed by atoms with E-state index in [4.69, 9.17) is 9.47 Å². The largest absolute Gasteiger partial charge is 0.459 e. The maximum atomic E-state index is 12.2. The van der Waals surface area contributed by atoms with E-state index in [-0.39, 0.29) is 25.4 Å². The molecule has 1 saturated heterocycles. The average Bonchev–Trinajstić information content (AvgIpc) is 2.86. The van der Waals surface area contributed by atoms with Crippen molar-refractivity contribution in [1.82, 2.24) is 4.90 Å². The monoisotopic (exact) mass is 319 g/mol. The zero-order valence-electron chi connectivity index (χ0n) is 13.6. The Morgan fingerprint density at radius 2 is 1.87 bits per heavy atom. The highest BCUT2D eigenvalue weighted by atomic mass is 16.6. The Hall–Kier alpha value is -2.37. The molecule has 1 aliphatic heterocycles. The summed E-state index contributed by atoms with van der Waals surface area (Å²) in [6.45, 7) is 5.16. The molecule has 1 aromatic rings. The fourth-order valence-corrected chi connectivity index (χ4v) is 2.24. The number of benzene rings is 1. The Balaban J connectivity index is 1.99. The molecule has 1 aliphatic rings. The number of nitrogens with zero attached hydrogens (tertiary/aromatic N) is 1. The number of carbonyl (C=O) groups is 3. The molecular formula is C17H21NO5. The van der Waals surface area contributed by atoms with Gasteiger partial charge in [-0.2, -0.15) is 0 Å². The normalized spacial score (nSPS) is 18.0. The van der Waals surface area contributed by atoms with E-state index in [2.05, 4.69) is 0 Å². The molecule has 6 heteroatoms. The lowest BCUT2D eigenvalue weighted by Crippen LogP contribution is -2.44. The van der Waals surface area contributed by atoms with E-state index >= 15 is 0 Å². The van der Waals surface area contributed by atoms with Crippen molar-refractivity contribution in [3.05, 3.63) is 35.9 Å². The topological polar surface area (TPSA) is 72.9 Å². The van der Waals surface area contributed by atoms with Crippen LogP contribution in [-0.2, 0) is 25.7 Å². The van der Waals surface area contributed by atoms with Crippen molar-refractivity contribution in [2.75, 3.05) is 6.54 Å². The second-order valence-corrected chi connectivity index (χ2v) is 6.46. The van der Waals surface area contributed by atoms with Crippen LogP contribution in [0.2, 0.25) is 0 Å². The molecule has 0 aliphatic carbocycles. The molecule has 124 valence electrons. The smallest absolute Gasteiger partial charge is 0.411 e. The SMILES string of the molecule is CC(C)(C)OC(=O)N1CC(=O)C[C@@H]1C(=O)OCc1ccccc1. The van der Waals surface area contributed by atoms with Gasteiger partial charge in [0, 0.05) is 6.42 Å². The van der Waals surface area contributed by atoms with Crippen LogP contribution in [0.15, 0.2) is 30.3 Å². The third kappa shape index (κ3) is 4.81. The highest BCUT2D eigenvalue weighted by Gasteiger charge is 2.41. The van der Waals surface area contributed by atoms with Gasteiger partial charge in [-0.1, -0.05) is 30.3 Å². The Morgan fingerprint density at radius 3 is 2.48 bits per heavy atom. The molecular weight excluding hydrogens is 298 g/mol. The van der Waals surface area contributed by atoms with Crippen LogP contribution in [0.25, 0.3) is 0 Å². The van der Waals surface area contributed by atoms with E-state index in [0.29, 0.717) is 0 Å². The number of hydrogen-bond donors (Lipinski definition) is 0. The first-order chi connectivity index (χ1) is 10.8. The van der Waals surface area contributed by atoms with Crippen molar-refractivity contribution in [2.45, 2.75) is 45.4 Å². The molecule has 6 nitrogen and oxygen atoms in total. The molecule has 0 spiro atoms. The standard InChI is InChI=1S/C17H21NO5/c1-17(2,3)23-16(21)18-10-13(19)9-14(18)15(20)22-11-12-7-5-4-6-8-12/h4-8,14H,9-11H2,1-3H3/t14-/m1/s1. The number of amides is 1. The van der Waals surface area contributed by atoms with Crippen LogP contribution < -0.4 is 0 Å². The summed E-state index contributed by atoms with van der Waals surface area (Å²) in [5, 5.41) is 0. The second kappa shape index (κ2) is 6.81. The molecule has 23 heavy (non-hydrogen) atoms. The minimum atomic E-state index is -0.916. The fourth-order valence-electron chi connectivity index (χ4n) is 2.24. The van der Waals surface area contributed by atoms with Gasteiger partial charge in [-0.15, -0.1) is 0 Å². The molecule has 2 rings (SSSR count). The predicted octanol–water partition coefficient (Wildman–Crippen LogP) is 2.31. The summed E-state index contributed by atoms with van der Waals surface area (Å²) in [5.74, 6) is -0.775. The van der Waals surface area contributed by atoms with Crippen LogP contribution in [0.1, 0.15) is 32.8 Å². The van der Waals surface area contributed by atoms with Crippen LogP contribution in [0, 0.1) is 0 Å². The minimum absolute atomic E-state index is 0.0349. The molecule has 1 aromatic carbocycles. The molecule has 1 heterocycles. The van der Waals surface area contributed by atoms with Gasteiger partial charge in [0.1, 0.15) is 18.2 Å². The number of Topliss-reactive ketones (excluding diaryl/α,β-unsaturated/α-hetero) is 1. The van der Waals surface area contributed by atoms with E-state index in [1.807, 2.05) is 30.3 Å². The molecule has 1 fully saturated rings. The van der Waals surface area contributed by atoms with Gasteiger partial charge in [-0.3, -0.25) is 9.69 Å². The van der Waals surface area contributed by atoms with E-state index < -0.39 is 23.7 Å². The maximum Gasteiger partial charge on any atom is 0.411 e.